The van der Waals surface area contributed by atoms with Gasteiger partial charge in [0.25, 0.3) is 0 Å². The van der Waals surface area contributed by atoms with Gasteiger partial charge in [0, 0.05) is 14.6 Å². The van der Waals surface area contributed by atoms with Gasteiger partial charge in [-0.15, -0.1) is 0 Å². The lowest BCUT2D eigenvalue weighted by molar-refractivity contribution is 0.588. The molecule has 0 heterocycles. The number of nitrogen functional groups attached to an aromatic ring is 1. The van der Waals surface area contributed by atoms with Gasteiger partial charge in [-0.1, -0.05) is 15.9 Å². The van der Waals surface area contributed by atoms with Crippen LogP contribution < -0.4 is 15.8 Å². The van der Waals surface area contributed by atoms with Crippen molar-refractivity contribution in [2.45, 2.75) is 4.90 Å². The first-order valence-corrected chi connectivity index (χ1v) is 8.95. The summed E-state index contributed by atoms with van der Waals surface area (Å²) in [5, 5.41) is 3.09. The van der Waals surface area contributed by atoms with Crippen LogP contribution in [-0.4, -0.2) is 15.5 Å². The van der Waals surface area contributed by atoms with Crippen LogP contribution in [0.25, 0.3) is 0 Å². The van der Waals surface area contributed by atoms with E-state index in [0.717, 1.165) is 14.6 Å². The van der Waals surface area contributed by atoms with Crippen molar-refractivity contribution in [1.29, 1.82) is 0 Å². The SMILES string of the molecule is CNS(=O)(=O)c1cc(N)ccc1Nc1ccc(Br)cc1Br. The predicted molar refractivity (Wildman–Crippen MR) is 92.2 cm³/mol. The molecule has 2 rings (SSSR count). The molecule has 0 spiro atoms. The summed E-state index contributed by atoms with van der Waals surface area (Å²) in [6, 6.07) is 10.3. The van der Waals surface area contributed by atoms with Gasteiger partial charge in [-0.2, -0.15) is 0 Å². The lowest BCUT2D eigenvalue weighted by Crippen LogP contribution is -2.20. The Morgan fingerprint density at radius 3 is 2.33 bits per heavy atom. The second kappa shape index (κ2) is 6.35. The van der Waals surface area contributed by atoms with Crippen LogP contribution in [0.15, 0.2) is 50.2 Å². The Kier molecular flexibility index (Phi) is 4.92. The van der Waals surface area contributed by atoms with Gasteiger partial charge in [0.05, 0.1) is 11.4 Å². The normalized spacial score (nSPS) is 11.4. The zero-order chi connectivity index (χ0) is 15.6. The molecule has 0 aromatic heterocycles. The Morgan fingerprint density at radius 1 is 1.05 bits per heavy atom. The van der Waals surface area contributed by atoms with E-state index in [2.05, 4.69) is 41.9 Å². The van der Waals surface area contributed by atoms with Crippen LogP contribution in [0.1, 0.15) is 0 Å². The number of hydrogen-bond donors (Lipinski definition) is 3. The van der Waals surface area contributed by atoms with Crippen molar-refractivity contribution in [3.63, 3.8) is 0 Å². The van der Waals surface area contributed by atoms with Crippen molar-refractivity contribution in [2.24, 2.45) is 0 Å². The van der Waals surface area contributed by atoms with Crippen molar-refractivity contribution in [1.82, 2.24) is 4.72 Å². The van der Waals surface area contributed by atoms with Gasteiger partial charge in [0.1, 0.15) is 4.90 Å². The molecule has 0 saturated heterocycles. The lowest BCUT2D eigenvalue weighted by atomic mass is 10.2. The molecule has 5 nitrogen and oxygen atoms in total. The molecule has 2 aromatic carbocycles. The highest BCUT2D eigenvalue weighted by Gasteiger charge is 2.17. The van der Waals surface area contributed by atoms with E-state index >= 15 is 0 Å². The van der Waals surface area contributed by atoms with Crippen molar-refractivity contribution in [2.75, 3.05) is 18.1 Å². The van der Waals surface area contributed by atoms with Gasteiger partial charge >= 0.3 is 0 Å². The third-order valence-corrected chi connectivity index (χ3v) is 5.37. The number of nitrogens with one attached hydrogen (secondary N) is 2. The van der Waals surface area contributed by atoms with Gasteiger partial charge < -0.3 is 11.1 Å². The van der Waals surface area contributed by atoms with E-state index in [9.17, 15) is 8.42 Å². The summed E-state index contributed by atoms with van der Waals surface area (Å²) in [5.74, 6) is 0. The molecule has 0 fully saturated rings. The molecule has 4 N–H and O–H groups in total. The van der Waals surface area contributed by atoms with Gasteiger partial charge in [-0.05, 0) is 59.4 Å². The van der Waals surface area contributed by atoms with Crippen molar-refractivity contribution in [3.05, 3.63) is 45.3 Å². The highest BCUT2D eigenvalue weighted by Crippen LogP contribution is 2.32. The molecule has 0 amide bonds. The van der Waals surface area contributed by atoms with E-state index in [-0.39, 0.29) is 4.90 Å². The molecule has 21 heavy (non-hydrogen) atoms. The second-order valence-electron chi connectivity index (χ2n) is 4.21. The largest absolute Gasteiger partial charge is 0.399 e. The van der Waals surface area contributed by atoms with E-state index in [1.807, 2.05) is 18.2 Å². The maximum Gasteiger partial charge on any atom is 0.242 e. The number of rotatable bonds is 4. The Hall–Kier alpha value is -1.09. The fourth-order valence-electron chi connectivity index (χ4n) is 1.71. The highest BCUT2D eigenvalue weighted by atomic mass is 79.9. The van der Waals surface area contributed by atoms with Crippen LogP contribution in [0.4, 0.5) is 17.1 Å². The predicted octanol–water partition coefficient (Wildman–Crippen LogP) is 3.45. The summed E-state index contributed by atoms with van der Waals surface area (Å²) in [7, 11) is -2.25. The summed E-state index contributed by atoms with van der Waals surface area (Å²) < 4.78 is 28.2. The summed E-state index contributed by atoms with van der Waals surface area (Å²) in [6.45, 7) is 0. The Labute approximate surface area is 140 Å². The van der Waals surface area contributed by atoms with Gasteiger partial charge in [0.2, 0.25) is 10.0 Å². The van der Waals surface area contributed by atoms with Crippen LogP contribution in [0.2, 0.25) is 0 Å². The van der Waals surface area contributed by atoms with E-state index < -0.39 is 10.0 Å². The van der Waals surface area contributed by atoms with E-state index in [4.69, 9.17) is 5.73 Å². The van der Waals surface area contributed by atoms with Crippen molar-refractivity contribution >= 4 is 58.9 Å². The number of anilines is 3. The van der Waals surface area contributed by atoms with E-state index in [1.54, 1.807) is 12.1 Å². The van der Waals surface area contributed by atoms with E-state index in [0.29, 0.717) is 11.4 Å². The molecule has 0 aliphatic heterocycles. The molecule has 2 aromatic rings. The van der Waals surface area contributed by atoms with E-state index in [1.165, 1.54) is 13.1 Å². The van der Waals surface area contributed by atoms with Crippen LogP contribution in [0.3, 0.4) is 0 Å². The average molecular weight is 435 g/mol. The molecule has 0 atom stereocenters. The maximum absolute atomic E-state index is 12.1. The average Bonchev–Trinajstić information content (AvgIpc) is 2.43. The topological polar surface area (TPSA) is 84.2 Å². The fourth-order valence-corrected chi connectivity index (χ4v) is 3.78. The zero-order valence-electron chi connectivity index (χ0n) is 11.0. The minimum Gasteiger partial charge on any atom is -0.399 e. The smallest absolute Gasteiger partial charge is 0.242 e. The Balaban J connectivity index is 2.50. The van der Waals surface area contributed by atoms with Crippen molar-refractivity contribution in [3.8, 4) is 0 Å². The quantitative estimate of drug-likeness (QED) is 0.643. The Bertz CT molecular complexity index is 779. The van der Waals surface area contributed by atoms with Crippen LogP contribution in [-0.2, 0) is 10.0 Å². The van der Waals surface area contributed by atoms with Crippen LogP contribution in [0, 0.1) is 0 Å². The fraction of sp³-hybridized carbons (Fsp3) is 0.0769. The lowest BCUT2D eigenvalue weighted by Gasteiger charge is -2.14. The summed E-state index contributed by atoms with van der Waals surface area (Å²) in [5.41, 5.74) is 7.26. The second-order valence-corrected chi connectivity index (χ2v) is 7.84. The molecular formula is C13H13Br2N3O2S. The third-order valence-electron chi connectivity index (χ3n) is 2.76. The van der Waals surface area contributed by atoms with Crippen LogP contribution in [0.5, 0.6) is 0 Å². The molecule has 0 saturated carbocycles. The first-order valence-electron chi connectivity index (χ1n) is 5.88. The van der Waals surface area contributed by atoms with Crippen LogP contribution >= 0.6 is 31.9 Å². The molecule has 0 aliphatic rings. The highest BCUT2D eigenvalue weighted by molar-refractivity contribution is 9.11. The number of halogens is 2. The van der Waals surface area contributed by atoms with Gasteiger partial charge in [-0.3, -0.25) is 0 Å². The summed E-state index contributed by atoms with van der Waals surface area (Å²) >= 11 is 6.80. The standard InChI is InChI=1S/C13H13Br2N3O2S/c1-17-21(19,20)13-7-9(16)3-5-12(13)18-11-4-2-8(14)6-10(11)15/h2-7,17-18H,16H2,1H3. The Morgan fingerprint density at radius 2 is 1.71 bits per heavy atom. The monoisotopic (exact) mass is 433 g/mol. The molecule has 0 bridgehead atoms. The molecule has 8 heteroatoms. The van der Waals surface area contributed by atoms with Gasteiger partial charge in [0.15, 0.2) is 0 Å². The molecule has 112 valence electrons. The third kappa shape index (κ3) is 3.76. The van der Waals surface area contributed by atoms with Crippen molar-refractivity contribution < 1.29 is 8.42 Å². The summed E-state index contributed by atoms with van der Waals surface area (Å²) in [6.07, 6.45) is 0. The van der Waals surface area contributed by atoms with Gasteiger partial charge in [-0.25, -0.2) is 13.1 Å². The summed E-state index contributed by atoms with van der Waals surface area (Å²) in [4.78, 5) is 0.0971. The number of sulfonamides is 1. The first-order chi connectivity index (χ1) is 9.83. The minimum atomic E-state index is -3.61. The number of nitrogens with two attached hydrogens (primary N) is 1. The number of benzene rings is 2. The minimum absolute atomic E-state index is 0.0971. The molecule has 0 unspecified atom stereocenters. The molecule has 0 radical (unpaired) electrons. The molecule has 0 aliphatic carbocycles. The zero-order valence-corrected chi connectivity index (χ0v) is 15.0. The first kappa shape index (κ1) is 16.3. The molecular weight excluding hydrogens is 422 g/mol. The number of hydrogen-bond acceptors (Lipinski definition) is 4. The maximum atomic E-state index is 12.1.